The van der Waals surface area contributed by atoms with Crippen LogP contribution in [0.5, 0.6) is 0 Å². The van der Waals surface area contributed by atoms with Crippen LogP contribution in [0.2, 0.25) is 0 Å². The average Bonchev–Trinajstić information content (AvgIpc) is 3.13. The van der Waals surface area contributed by atoms with Gasteiger partial charge in [-0.2, -0.15) is 5.10 Å². The van der Waals surface area contributed by atoms with Gasteiger partial charge in [0, 0.05) is 24.2 Å². The van der Waals surface area contributed by atoms with Gasteiger partial charge >= 0.3 is 0 Å². The molecule has 0 saturated carbocycles. The number of benzene rings is 1. The lowest BCUT2D eigenvalue weighted by Gasteiger charge is -2.21. The number of thiophene rings is 1. The zero-order valence-corrected chi connectivity index (χ0v) is 13.6. The third-order valence-electron chi connectivity index (χ3n) is 4.33. The van der Waals surface area contributed by atoms with Crippen LogP contribution in [-0.2, 0) is 13.5 Å². The van der Waals surface area contributed by atoms with Crippen LogP contribution in [0.15, 0.2) is 30.3 Å². The van der Waals surface area contributed by atoms with E-state index in [-0.39, 0.29) is 11.9 Å². The second-order valence-corrected chi connectivity index (χ2v) is 6.93. The average molecular weight is 311 g/mol. The summed E-state index contributed by atoms with van der Waals surface area (Å²) in [5, 5.41) is 5.48. The van der Waals surface area contributed by atoms with E-state index in [2.05, 4.69) is 18.1 Å². The summed E-state index contributed by atoms with van der Waals surface area (Å²) < 4.78 is 1.85. The number of carbonyl (C=O) groups excluding carboxylic acids is 1. The molecule has 22 heavy (non-hydrogen) atoms. The highest BCUT2D eigenvalue weighted by atomic mass is 32.1. The fraction of sp³-hybridized carbons (Fsp3) is 0.294. The monoisotopic (exact) mass is 311 g/mol. The molecule has 0 aliphatic carbocycles. The Morgan fingerprint density at radius 2 is 2.14 bits per heavy atom. The summed E-state index contributed by atoms with van der Waals surface area (Å²) in [6.07, 6.45) is 0.924. The molecule has 1 aliphatic heterocycles. The van der Waals surface area contributed by atoms with Gasteiger partial charge in [-0.3, -0.25) is 9.48 Å². The van der Waals surface area contributed by atoms with Crippen molar-refractivity contribution < 1.29 is 4.79 Å². The first-order valence-corrected chi connectivity index (χ1v) is 8.22. The lowest BCUT2D eigenvalue weighted by Crippen LogP contribution is -2.35. The van der Waals surface area contributed by atoms with Crippen molar-refractivity contribution in [3.63, 3.8) is 0 Å². The largest absolute Gasteiger partial charge is 0.304 e. The molecule has 0 N–H and O–H groups in total. The van der Waals surface area contributed by atoms with Crippen LogP contribution in [0.4, 0.5) is 5.69 Å². The minimum Gasteiger partial charge on any atom is -0.304 e. The van der Waals surface area contributed by atoms with Crippen molar-refractivity contribution in [3.05, 3.63) is 46.5 Å². The number of amides is 1. The molecule has 0 spiro atoms. The number of aryl methyl sites for hydroxylation is 2. The number of hydrogen-bond donors (Lipinski definition) is 0. The molecule has 5 heteroatoms. The first kappa shape index (κ1) is 13.5. The zero-order chi connectivity index (χ0) is 15.4. The number of para-hydroxylation sites is 1. The first-order chi connectivity index (χ1) is 10.6. The topological polar surface area (TPSA) is 38.1 Å². The predicted molar refractivity (Wildman–Crippen MR) is 89.7 cm³/mol. The highest BCUT2D eigenvalue weighted by Crippen LogP contribution is 2.35. The second kappa shape index (κ2) is 4.68. The second-order valence-electron chi connectivity index (χ2n) is 5.90. The van der Waals surface area contributed by atoms with E-state index in [1.807, 2.05) is 47.8 Å². The fourth-order valence-corrected chi connectivity index (χ4v) is 4.36. The van der Waals surface area contributed by atoms with Crippen molar-refractivity contribution in [2.75, 3.05) is 4.90 Å². The Bertz CT molecular complexity index is 858. The highest BCUT2D eigenvalue weighted by Gasteiger charge is 2.32. The van der Waals surface area contributed by atoms with E-state index in [0.717, 1.165) is 32.9 Å². The van der Waals surface area contributed by atoms with E-state index in [0.29, 0.717) is 0 Å². The third-order valence-corrected chi connectivity index (χ3v) is 5.52. The third kappa shape index (κ3) is 1.82. The summed E-state index contributed by atoms with van der Waals surface area (Å²) in [5.41, 5.74) is 3.28. The molecule has 0 saturated heterocycles. The van der Waals surface area contributed by atoms with Gasteiger partial charge in [-0.05, 0) is 38.0 Å². The van der Waals surface area contributed by atoms with Gasteiger partial charge < -0.3 is 4.90 Å². The Labute approximate surface area is 133 Å². The van der Waals surface area contributed by atoms with Gasteiger partial charge in [0.2, 0.25) is 0 Å². The van der Waals surface area contributed by atoms with Crippen molar-refractivity contribution in [2.45, 2.75) is 26.3 Å². The van der Waals surface area contributed by atoms with E-state index >= 15 is 0 Å². The van der Waals surface area contributed by atoms with E-state index in [1.165, 1.54) is 16.9 Å². The van der Waals surface area contributed by atoms with Crippen molar-refractivity contribution in [1.82, 2.24) is 9.78 Å². The lowest BCUT2D eigenvalue weighted by molar-refractivity contribution is 0.0985. The summed E-state index contributed by atoms with van der Waals surface area (Å²) >= 11 is 1.53. The van der Waals surface area contributed by atoms with E-state index in [9.17, 15) is 4.79 Å². The summed E-state index contributed by atoms with van der Waals surface area (Å²) in [7, 11) is 1.92. The van der Waals surface area contributed by atoms with Gasteiger partial charge in [-0.25, -0.2) is 0 Å². The minimum atomic E-state index is 0.0954. The smallest absolute Gasteiger partial charge is 0.268 e. The van der Waals surface area contributed by atoms with Gasteiger partial charge in [-0.15, -0.1) is 11.3 Å². The number of hydrogen-bond acceptors (Lipinski definition) is 3. The zero-order valence-electron chi connectivity index (χ0n) is 12.8. The minimum absolute atomic E-state index is 0.0954. The number of fused-ring (bicyclic) bond motifs is 2. The quantitative estimate of drug-likeness (QED) is 0.689. The summed E-state index contributed by atoms with van der Waals surface area (Å²) in [6, 6.07) is 10.4. The van der Waals surface area contributed by atoms with Crippen molar-refractivity contribution in [1.29, 1.82) is 0 Å². The molecule has 0 bridgehead atoms. The molecule has 3 heterocycles. The Balaban J connectivity index is 1.79. The SMILES string of the molecule is Cc1nn(C)c2sc(C(=O)N3c4ccccc4C[C@H]3C)cc12. The van der Waals surface area contributed by atoms with Crippen LogP contribution in [0.3, 0.4) is 0 Å². The molecule has 2 aromatic heterocycles. The predicted octanol–water partition coefficient (Wildman–Crippen LogP) is 3.53. The first-order valence-electron chi connectivity index (χ1n) is 7.41. The van der Waals surface area contributed by atoms with Gasteiger partial charge in [0.1, 0.15) is 4.83 Å². The molecule has 4 rings (SSSR count). The molecular weight excluding hydrogens is 294 g/mol. The summed E-state index contributed by atoms with van der Waals surface area (Å²) in [4.78, 5) is 16.8. The van der Waals surface area contributed by atoms with Crippen molar-refractivity contribution in [3.8, 4) is 0 Å². The molecule has 0 fully saturated rings. The number of nitrogens with zero attached hydrogens (tertiary/aromatic N) is 3. The normalized spacial score (nSPS) is 17.2. The van der Waals surface area contributed by atoms with Crippen LogP contribution in [-0.4, -0.2) is 21.7 Å². The molecule has 3 aromatic rings. The van der Waals surface area contributed by atoms with Crippen molar-refractivity contribution >= 4 is 33.1 Å². The maximum atomic E-state index is 13.0. The molecular formula is C17H17N3OS. The molecule has 1 aromatic carbocycles. The van der Waals surface area contributed by atoms with Gasteiger partial charge in [0.25, 0.3) is 5.91 Å². The number of aromatic nitrogens is 2. The Morgan fingerprint density at radius 3 is 2.91 bits per heavy atom. The molecule has 0 unspecified atom stereocenters. The number of carbonyl (C=O) groups is 1. The molecule has 1 amide bonds. The number of anilines is 1. The van der Waals surface area contributed by atoms with Gasteiger partial charge in [-0.1, -0.05) is 18.2 Å². The Hall–Kier alpha value is -2.14. The summed E-state index contributed by atoms with van der Waals surface area (Å²) in [6.45, 7) is 4.09. The van der Waals surface area contributed by atoms with Gasteiger partial charge in [0.15, 0.2) is 0 Å². The van der Waals surface area contributed by atoms with E-state index < -0.39 is 0 Å². The van der Waals surface area contributed by atoms with Crippen molar-refractivity contribution in [2.24, 2.45) is 7.05 Å². The van der Waals surface area contributed by atoms with Crippen LogP contribution in [0.25, 0.3) is 10.2 Å². The number of rotatable bonds is 1. The molecule has 1 atom stereocenters. The van der Waals surface area contributed by atoms with Crippen LogP contribution >= 0.6 is 11.3 Å². The summed E-state index contributed by atoms with van der Waals surface area (Å²) in [5.74, 6) is 0.0954. The standard InChI is InChI=1S/C17H17N3OS/c1-10-8-12-6-4-5-7-14(12)20(10)16(21)15-9-13-11(2)18-19(3)17(13)22-15/h4-7,9-10H,8H2,1-3H3/t10-/m1/s1. The fourth-order valence-electron chi connectivity index (χ4n) is 3.30. The lowest BCUT2D eigenvalue weighted by atomic mass is 10.1. The Kier molecular flexibility index (Phi) is 2.87. The molecule has 4 nitrogen and oxygen atoms in total. The van der Waals surface area contributed by atoms with Crippen LogP contribution < -0.4 is 4.90 Å². The van der Waals surface area contributed by atoms with E-state index in [1.54, 1.807) is 0 Å². The van der Waals surface area contributed by atoms with Gasteiger partial charge in [0.05, 0.1) is 10.6 Å². The molecule has 1 aliphatic rings. The maximum absolute atomic E-state index is 13.0. The highest BCUT2D eigenvalue weighted by molar-refractivity contribution is 7.20. The maximum Gasteiger partial charge on any atom is 0.268 e. The van der Waals surface area contributed by atoms with Crippen LogP contribution in [0.1, 0.15) is 27.9 Å². The van der Waals surface area contributed by atoms with Crippen LogP contribution in [0, 0.1) is 6.92 Å². The molecule has 0 radical (unpaired) electrons. The Morgan fingerprint density at radius 1 is 1.36 bits per heavy atom. The molecule has 112 valence electrons. The van der Waals surface area contributed by atoms with E-state index in [4.69, 9.17) is 0 Å².